The SMILES string of the molecule is CC1=C(/C=C/C(C)O)C(C)(C)C(C)CC1=O. The van der Waals surface area contributed by atoms with Gasteiger partial charge < -0.3 is 5.11 Å². The molecule has 0 aliphatic heterocycles. The zero-order chi connectivity index (χ0) is 12.5. The van der Waals surface area contributed by atoms with Crippen LogP contribution in [0.4, 0.5) is 0 Å². The lowest BCUT2D eigenvalue weighted by atomic mass is 9.66. The second-order valence-electron chi connectivity index (χ2n) is 5.39. The lowest BCUT2D eigenvalue weighted by molar-refractivity contribution is -0.117. The first-order chi connectivity index (χ1) is 7.26. The number of ketones is 1. The molecule has 1 aliphatic rings. The molecule has 1 N–H and O–H groups in total. The highest BCUT2D eigenvalue weighted by Gasteiger charge is 2.36. The molecule has 2 nitrogen and oxygen atoms in total. The molecule has 0 bridgehead atoms. The number of aliphatic hydroxyl groups is 1. The summed E-state index contributed by atoms with van der Waals surface area (Å²) in [4.78, 5) is 11.8. The number of hydrogen-bond acceptors (Lipinski definition) is 2. The van der Waals surface area contributed by atoms with Gasteiger partial charge in [0.05, 0.1) is 6.10 Å². The van der Waals surface area contributed by atoms with Gasteiger partial charge in [-0.1, -0.05) is 32.9 Å². The van der Waals surface area contributed by atoms with Crippen LogP contribution in [0.15, 0.2) is 23.3 Å². The Morgan fingerprint density at radius 2 is 2.06 bits per heavy atom. The third-order valence-electron chi connectivity index (χ3n) is 3.78. The van der Waals surface area contributed by atoms with Crippen molar-refractivity contribution in [1.82, 2.24) is 0 Å². The van der Waals surface area contributed by atoms with Crippen molar-refractivity contribution < 1.29 is 9.90 Å². The van der Waals surface area contributed by atoms with Gasteiger partial charge in [0.1, 0.15) is 0 Å². The van der Waals surface area contributed by atoms with Gasteiger partial charge in [-0.2, -0.15) is 0 Å². The molecule has 0 heterocycles. The molecule has 0 radical (unpaired) electrons. The fourth-order valence-electron chi connectivity index (χ4n) is 2.16. The van der Waals surface area contributed by atoms with Gasteiger partial charge in [-0.3, -0.25) is 4.79 Å². The highest BCUT2D eigenvalue weighted by atomic mass is 16.3. The van der Waals surface area contributed by atoms with E-state index < -0.39 is 6.10 Å². The van der Waals surface area contributed by atoms with E-state index in [2.05, 4.69) is 20.8 Å². The van der Waals surface area contributed by atoms with Crippen molar-refractivity contribution in [2.45, 2.75) is 47.1 Å². The third-order valence-corrected chi connectivity index (χ3v) is 3.78. The maximum absolute atomic E-state index is 11.8. The van der Waals surface area contributed by atoms with Crippen LogP contribution >= 0.6 is 0 Å². The number of rotatable bonds is 2. The smallest absolute Gasteiger partial charge is 0.159 e. The van der Waals surface area contributed by atoms with Crippen molar-refractivity contribution in [3.8, 4) is 0 Å². The minimum Gasteiger partial charge on any atom is -0.389 e. The Bertz CT molecular complexity index is 346. The van der Waals surface area contributed by atoms with Crippen LogP contribution in [0.1, 0.15) is 41.0 Å². The molecule has 2 heteroatoms. The molecule has 0 saturated heterocycles. The molecule has 0 aromatic heterocycles. The summed E-state index contributed by atoms with van der Waals surface area (Å²) in [6.45, 7) is 10.0. The Balaban J connectivity index is 3.17. The van der Waals surface area contributed by atoms with E-state index in [1.807, 2.05) is 13.0 Å². The first-order valence-corrected chi connectivity index (χ1v) is 5.87. The molecular formula is C14H22O2. The molecule has 0 aromatic carbocycles. The summed E-state index contributed by atoms with van der Waals surface area (Å²) in [5.74, 6) is 0.578. The van der Waals surface area contributed by atoms with Crippen LogP contribution in [0.2, 0.25) is 0 Å². The van der Waals surface area contributed by atoms with Crippen LogP contribution in [0.25, 0.3) is 0 Å². The van der Waals surface area contributed by atoms with Gasteiger partial charge in [-0.15, -0.1) is 0 Å². The second-order valence-corrected chi connectivity index (χ2v) is 5.39. The van der Waals surface area contributed by atoms with Gasteiger partial charge in [-0.25, -0.2) is 0 Å². The predicted molar refractivity (Wildman–Crippen MR) is 66.1 cm³/mol. The lowest BCUT2D eigenvalue weighted by Gasteiger charge is -2.38. The first kappa shape index (κ1) is 13.2. The summed E-state index contributed by atoms with van der Waals surface area (Å²) in [5.41, 5.74) is 1.92. The van der Waals surface area contributed by atoms with Gasteiger partial charge in [-0.05, 0) is 36.3 Å². The van der Waals surface area contributed by atoms with Crippen LogP contribution in [-0.4, -0.2) is 17.0 Å². The normalized spacial score (nSPS) is 27.6. The van der Waals surface area contributed by atoms with E-state index in [9.17, 15) is 9.90 Å². The Morgan fingerprint density at radius 3 is 2.56 bits per heavy atom. The van der Waals surface area contributed by atoms with Crippen molar-refractivity contribution in [3.63, 3.8) is 0 Å². The van der Waals surface area contributed by atoms with Crippen LogP contribution in [0, 0.1) is 11.3 Å². The first-order valence-electron chi connectivity index (χ1n) is 5.87. The van der Waals surface area contributed by atoms with Crippen LogP contribution < -0.4 is 0 Å². The van der Waals surface area contributed by atoms with Crippen molar-refractivity contribution in [3.05, 3.63) is 23.3 Å². The molecule has 0 spiro atoms. The van der Waals surface area contributed by atoms with Crippen LogP contribution in [-0.2, 0) is 4.79 Å². The largest absolute Gasteiger partial charge is 0.389 e. The zero-order valence-corrected chi connectivity index (χ0v) is 10.9. The van der Waals surface area contributed by atoms with E-state index in [-0.39, 0.29) is 11.2 Å². The van der Waals surface area contributed by atoms with E-state index >= 15 is 0 Å². The van der Waals surface area contributed by atoms with Gasteiger partial charge in [0.15, 0.2) is 5.78 Å². The molecule has 1 aliphatic carbocycles. The fraction of sp³-hybridized carbons (Fsp3) is 0.643. The van der Waals surface area contributed by atoms with E-state index in [0.29, 0.717) is 12.3 Å². The lowest BCUT2D eigenvalue weighted by Crippen LogP contribution is -2.32. The van der Waals surface area contributed by atoms with Gasteiger partial charge in [0.25, 0.3) is 0 Å². The van der Waals surface area contributed by atoms with Gasteiger partial charge in [0.2, 0.25) is 0 Å². The summed E-state index contributed by atoms with van der Waals surface area (Å²) in [6.07, 6.45) is 3.81. The van der Waals surface area contributed by atoms with Gasteiger partial charge in [0, 0.05) is 6.42 Å². The number of allylic oxidation sites excluding steroid dienone is 3. The molecular weight excluding hydrogens is 200 g/mol. The minimum atomic E-state index is -0.469. The number of carbonyl (C=O) groups is 1. The van der Waals surface area contributed by atoms with E-state index in [0.717, 1.165) is 11.1 Å². The molecule has 1 rings (SSSR count). The summed E-state index contributed by atoms with van der Waals surface area (Å²) in [6, 6.07) is 0. The van der Waals surface area contributed by atoms with E-state index in [1.165, 1.54) is 0 Å². The van der Waals surface area contributed by atoms with E-state index in [4.69, 9.17) is 0 Å². The average molecular weight is 222 g/mol. The highest BCUT2D eigenvalue weighted by molar-refractivity contribution is 5.97. The van der Waals surface area contributed by atoms with Gasteiger partial charge >= 0.3 is 0 Å². The van der Waals surface area contributed by atoms with Crippen molar-refractivity contribution >= 4 is 5.78 Å². The third kappa shape index (κ3) is 2.43. The van der Waals surface area contributed by atoms with Crippen molar-refractivity contribution in [2.75, 3.05) is 0 Å². The van der Waals surface area contributed by atoms with Crippen LogP contribution in [0.5, 0.6) is 0 Å². The summed E-state index contributed by atoms with van der Waals surface area (Å²) < 4.78 is 0. The number of hydrogen-bond donors (Lipinski definition) is 1. The predicted octanol–water partition coefficient (Wildman–Crippen LogP) is 2.88. The zero-order valence-electron chi connectivity index (χ0n) is 10.9. The molecule has 0 amide bonds. The maximum Gasteiger partial charge on any atom is 0.159 e. The standard InChI is InChI=1S/C14H22O2/c1-9-8-13(16)11(3)12(14(9,4)5)7-6-10(2)15/h6-7,9-10,15H,8H2,1-5H3/b7-6+. The summed E-state index contributed by atoms with van der Waals surface area (Å²) in [7, 11) is 0. The van der Waals surface area contributed by atoms with E-state index in [1.54, 1.807) is 13.0 Å². The molecule has 2 atom stereocenters. The molecule has 0 saturated carbocycles. The minimum absolute atomic E-state index is 0.00336. The Labute approximate surface area is 98.1 Å². The van der Waals surface area contributed by atoms with Crippen molar-refractivity contribution in [1.29, 1.82) is 0 Å². The van der Waals surface area contributed by atoms with Crippen molar-refractivity contribution in [2.24, 2.45) is 11.3 Å². The Morgan fingerprint density at radius 1 is 1.50 bits per heavy atom. The number of aliphatic hydroxyl groups excluding tert-OH is 1. The highest BCUT2D eigenvalue weighted by Crippen LogP contribution is 2.43. The second kappa shape index (κ2) is 4.54. The quantitative estimate of drug-likeness (QED) is 0.780. The molecule has 16 heavy (non-hydrogen) atoms. The molecule has 90 valence electrons. The summed E-state index contributed by atoms with van der Waals surface area (Å²) >= 11 is 0. The molecule has 0 aromatic rings. The summed E-state index contributed by atoms with van der Waals surface area (Å²) in [5, 5.41) is 9.28. The molecule has 2 unspecified atom stereocenters. The fourth-order valence-corrected chi connectivity index (χ4v) is 2.16. The van der Waals surface area contributed by atoms with Crippen LogP contribution in [0.3, 0.4) is 0 Å². The Hall–Kier alpha value is -0.890. The topological polar surface area (TPSA) is 37.3 Å². The maximum atomic E-state index is 11.8. The monoisotopic (exact) mass is 222 g/mol. The number of Topliss-reactive ketones (excluding diaryl/α,β-unsaturated/α-hetero) is 1. The number of carbonyl (C=O) groups excluding carboxylic acids is 1. The average Bonchev–Trinajstić information content (AvgIpc) is 2.14. The molecule has 0 fully saturated rings. The Kier molecular flexibility index (Phi) is 3.74.